The molecular formula is C31H28ClN3O3. The normalized spacial score (nSPS) is 11.8. The first kappa shape index (κ1) is 25.4. The van der Waals surface area contributed by atoms with Crippen LogP contribution in [0, 0.1) is 6.92 Å². The Balaban J connectivity index is 1.59. The molecule has 5 aromatic rings. The molecule has 2 aromatic heterocycles. The van der Waals surface area contributed by atoms with E-state index >= 15 is 0 Å². The highest BCUT2D eigenvalue weighted by Crippen LogP contribution is 2.43. The smallest absolute Gasteiger partial charge is 0.180 e. The van der Waals surface area contributed by atoms with E-state index in [4.69, 9.17) is 21.1 Å². The molecule has 0 fully saturated rings. The topological polar surface area (TPSA) is 76.5 Å². The lowest BCUT2D eigenvalue weighted by Crippen LogP contribution is -2.14. The second-order valence-electron chi connectivity index (χ2n) is 8.91. The largest absolute Gasteiger partial charge is 0.505 e. The van der Waals surface area contributed by atoms with Crippen molar-refractivity contribution in [1.29, 1.82) is 0 Å². The zero-order valence-corrected chi connectivity index (χ0v) is 21.9. The number of phenols is 1. The highest BCUT2D eigenvalue weighted by molar-refractivity contribution is 6.32. The maximum absolute atomic E-state index is 11.3. The van der Waals surface area contributed by atoms with Crippen LogP contribution in [-0.2, 0) is 6.61 Å². The molecule has 192 valence electrons. The Hall–Kier alpha value is -4.29. The number of aromatic nitrogens is 2. The Labute approximate surface area is 226 Å². The number of aromatic hydroxyl groups is 1. The number of hydrogen-bond acceptors (Lipinski definition) is 6. The Morgan fingerprint density at radius 2 is 1.76 bits per heavy atom. The van der Waals surface area contributed by atoms with E-state index in [-0.39, 0.29) is 5.75 Å². The Bertz CT molecular complexity index is 1560. The fourth-order valence-electron chi connectivity index (χ4n) is 4.37. The zero-order chi connectivity index (χ0) is 26.5. The van der Waals surface area contributed by atoms with E-state index in [9.17, 15) is 5.11 Å². The Morgan fingerprint density at radius 3 is 2.55 bits per heavy atom. The average molecular weight is 526 g/mol. The van der Waals surface area contributed by atoms with Crippen LogP contribution in [-0.4, -0.2) is 21.7 Å². The first-order valence-electron chi connectivity index (χ1n) is 12.4. The number of phenolic OH excluding ortho intramolecular Hbond substituents is 1. The highest BCUT2D eigenvalue weighted by Gasteiger charge is 2.24. The average Bonchev–Trinajstić information content (AvgIpc) is 2.93. The summed E-state index contributed by atoms with van der Waals surface area (Å²) >= 11 is 6.81. The van der Waals surface area contributed by atoms with Crippen molar-refractivity contribution >= 4 is 28.3 Å². The summed E-state index contributed by atoms with van der Waals surface area (Å²) in [5.41, 5.74) is 4.01. The van der Waals surface area contributed by atoms with E-state index in [1.165, 1.54) is 0 Å². The number of nitrogens with zero attached hydrogens (tertiary/aromatic N) is 2. The van der Waals surface area contributed by atoms with Crippen LogP contribution in [0.15, 0.2) is 91.3 Å². The lowest BCUT2D eigenvalue weighted by atomic mass is 9.95. The van der Waals surface area contributed by atoms with Crippen molar-refractivity contribution in [2.24, 2.45) is 0 Å². The van der Waals surface area contributed by atoms with Gasteiger partial charge in [-0.2, -0.15) is 0 Å². The lowest BCUT2D eigenvalue weighted by molar-refractivity contribution is 0.269. The van der Waals surface area contributed by atoms with Crippen molar-refractivity contribution in [1.82, 2.24) is 9.97 Å². The lowest BCUT2D eigenvalue weighted by Gasteiger charge is -2.24. The quantitative estimate of drug-likeness (QED) is 0.208. The van der Waals surface area contributed by atoms with Crippen LogP contribution >= 0.6 is 11.6 Å². The molecule has 0 aliphatic carbocycles. The van der Waals surface area contributed by atoms with Gasteiger partial charge in [-0.3, -0.25) is 4.98 Å². The molecule has 0 saturated carbocycles. The van der Waals surface area contributed by atoms with Crippen molar-refractivity contribution in [2.45, 2.75) is 26.5 Å². The number of hydrogen-bond donors (Lipinski definition) is 2. The van der Waals surface area contributed by atoms with Gasteiger partial charge in [0.05, 0.1) is 17.7 Å². The summed E-state index contributed by atoms with van der Waals surface area (Å²) in [6, 6.07) is 24.6. The van der Waals surface area contributed by atoms with E-state index in [2.05, 4.69) is 15.3 Å². The summed E-state index contributed by atoms with van der Waals surface area (Å²) < 4.78 is 12.1. The van der Waals surface area contributed by atoms with Gasteiger partial charge in [0.25, 0.3) is 0 Å². The van der Waals surface area contributed by atoms with Gasteiger partial charge in [0, 0.05) is 23.3 Å². The molecule has 0 radical (unpaired) electrons. The summed E-state index contributed by atoms with van der Waals surface area (Å²) in [4.78, 5) is 8.89. The molecule has 6 nitrogen and oxygen atoms in total. The number of aryl methyl sites for hydroxylation is 1. The van der Waals surface area contributed by atoms with Crippen molar-refractivity contribution in [3.05, 3.63) is 119 Å². The zero-order valence-electron chi connectivity index (χ0n) is 21.2. The minimum absolute atomic E-state index is 0.0896. The van der Waals surface area contributed by atoms with Gasteiger partial charge in [0.2, 0.25) is 0 Å². The molecule has 0 spiro atoms. The van der Waals surface area contributed by atoms with Crippen molar-refractivity contribution in [3.8, 4) is 17.2 Å². The molecule has 1 atom stereocenters. The van der Waals surface area contributed by atoms with Gasteiger partial charge in [-0.25, -0.2) is 4.98 Å². The number of pyridine rings is 2. The fraction of sp³-hybridized carbons (Fsp3) is 0.161. The number of ether oxygens (including phenoxy) is 2. The van der Waals surface area contributed by atoms with Crippen LogP contribution < -0.4 is 14.8 Å². The molecule has 0 amide bonds. The minimum atomic E-state index is -0.504. The highest BCUT2D eigenvalue weighted by atomic mass is 35.5. The van der Waals surface area contributed by atoms with Crippen LogP contribution in [0.1, 0.15) is 35.2 Å². The summed E-state index contributed by atoms with van der Waals surface area (Å²) in [6.07, 6.45) is 3.41. The second kappa shape index (κ2) is 11.4. The summed E-state index contributed by atoms with van der Waals surface area (Å²) in [7, 11) is 0. The monoisotopic (exact) mass is 525 g/mol. The van der Waals surface area contributed by atoms with Gasteiger partial charge in [-0.1, -0.05) is 60.1 Å². The van der Waals surface area contributed by atoms with Gasteiger partial charge in [0.1, 0.15) is 23.7 Å². The molecule has 1 unspecified atom stereocenters. The maximum atomic E-state index is 11.3. The minimum Gasteiger partial charge on any atom is -0.505 e. The third-order valence-corrected chi connectivity index (χ3v) is 6.47. The van der Waals surface area contributed by atoms with E-state index in [1.54, 1.807) is 12.4 Å². The van der Waals surface area contributed by atoms with E-state index in [0.29, 0.717) is 46.6 Å². The number of nitrogens with one attached hydrogen (secondary N) is 1. The molecule has 0 saturated heterocycles. The first-order valence-corrected chi connectivity index (χ1v) is 12.8. The van der Waals surface area contributed by atoms with Gasteiger partial charge in [0.15, 0.2) is 11.5 Å². The van der Waals surface area contributed by atoms with Crippen molar-refractivity contribution in [3.63, 3.8) is 0 Å². The van der Waals surface area contributed by atoms with Gasteiger partial charge >= 0.3 is 0 Å². The molecule has 2 N–H and O–H groups in total. The van der Waals surface area contributed by atoms with Crippen molar-refractivity contribution in [2.75, 3.05) is 11.9 Å². The number of fused-ring (bicyclic) bond motifs is 1. The SMILES string of the molecule is CCOc1cc(C(Nc2cc(C)ccn2)c2ccc3cccnc3c2O)cc(Cl)c1OCc1ccccc1. The van der Waals surface area contributed by atoms with Crippen molar-refractivity contribution < 1.29 is 14.6 Å². The van der Waals surface area contributed by atoms with Gasteiger partial charge in [-0.05, 0) is 60.9 Å². The molecule has 0 bridgehead atoms. The van der Waals surface area contributed by atoms with Crippen LogP contribution in [0.3, 0.4) is 0 Å². The van der Waals surface area contributed by atoms with E-state index in [0.717, 1.165) is 22.1 Å². The number of benzene rings is 3. The summed E-state index contributed by atoms with van der Waals surface area (Å²) in [5.74, 6) is 1.74. The summed E-state index contributed by atoms with van der Waals surface area (Å²) in [5, 5.41) is 16.0. The number of rotatable bonds is 9. The molecule has 0 aliphatic rings. The Morgan fingerprint density at radius 1 is 0.921 bits per heavy atom. The van der Waals surface area contributed by atoms with Gasteiger partial charge in [-0.15, -0.1) is 0 Å². The molecular weight excluding hydrogens is 498 g/mol. The second-order valence-corrected chi connectivity index (χ2v) is 9.32. The third kappa shape index (κ3) is 5.50. The standard InChI is InChI=1S/C31H28ClN3O3/c1-3-37-26-18-23(17-25(32)31(26)38-19-21-8-5-4-6-9-21)28(35-27-16-20(2)13-15-33-27)24-12-11-22-10-7-14-34-29(22)30(24)36/h4-18,28,36H,3,19H2,1-2H3,(H,33,35). The van der Waals surface area contributed by atoms with Crippen LogP contribution in [0.25, 0.3) is 10.9 Å². The fourth-order valence-corrected chi connectivity index (χ4v) is 4.64. The molecule has 38 heavy (non-hydrogen) atoms. The van der Waals surface area contributed by atoms with Crippen LogP contribution in [0.2, 0.25) is 5.02 Å². The molecule has 2 heterocycles. The predicted molar refractivity (Wildman–Crippen MR) is 151 cm³/mol. The summed E-state index contributed by atoms with van der Waals surface area (Å²) in [6.45, 7) is 4.70. The molecule has 3 aromatic carbocycles. The molecule has 7 heteroatoms. The first-order chi connectivity index (χ1) is 18.5. The van der Waals surface area contributed by atoms with E-state index < -0.39 is 6.04 Å². The third-order valence-electron chi connectivity index (χ3n) is 6.19. The van der Waals surface area contributed by atoms with Crippen LogP contribution in [0.4, 0.5) is 5.82 Å². The molecule has 0 aliphatic heterocycles. The van der Waals surface area contributed by atoms with Crippen LogP contribution in [0.5, 0.6) is 17.2 Å². The molecule has 5 rings (SSSR count). The van der Waals surface area contributed by atoms with E-state index in [1.807, 2.05) is 92.7 Å². The number of halogens is 1. The maximum Gasteiger partial charge on any atom is 0.180 e. The van der Waals surface area contributed by atoms with Gasteiger partial charge < -0.3 is 19.9 Å². The number of anilines is 1. The predicted octanol–water partition coefficient (Wildman–Crippen LogP) is 7.48. The Kier molecular flexibility index (Phi) is 7.61.